The Morgan fingerprint density at radius 3 is 2.73 bits per heavy atom. The zero-order valence-electron chi connectivity index (χ0n) is 16.8. The fraction of sp³-hybridized carbons (Fsp3) is 0.350. The zero-order chi connectivity index (χ0) is 21.7. The average molecular weight is 431 g/mol. The first kappa shape index (κ1) is 21.4. The van der Waals surface area contributed by atoms with Gasteiger partial charge < -0.3 is 19.0 Å². The number of hydrogen-bond acceptors (Lipinski definition) is 9. The molecule has 9 nitrogen and oxygen atoms in total. The lowest BCUT2D eigenvalue weighted by atomic mass is 10.1. The van der Waals surface area contributed by atoms with Gasteiger partial charge in [-0.1, -0.05) is 5.16 Å². The molecule has 0 saturated carbocycles. The summed E-state index contributed by atoms with van der Waals surface area (Å²) in [5, 5.41) is 7.67. The third kappa shape index (κ3) is 4.82. The van der Waals surface area contributed by atoms with Gasteiger partial charge in [-0.05, 0) is 37.8 Å². The van der Waals surface area contributed by atoms with Crippen LogP contribution in [0.2, 0.25) is 0 Å². The molecular weight excluding hydrogens is 410 g/mol. The lowest BCUT2D eigenvalue weighted by molar-refractivity contribution is -0.142. The standard InChI is InChI=1S/C20H21N3O6S/c1-4-27-20(26)18-11(2)17(12(3)21-18)14(24)9-28-16(25)6-5-15-22-19(23-29-15)13-7-8-30-10-13/h7-8,10,21H,4-6,9H2,1-3H3. The van der Waals surface area contributed by atoms with Crippen molar-refractivity contribution in [2.45, 2.75) is 33.6 Å². The molecule has 0 aliphatic carbocycles. The smallest absolute Gasteiger partial charge is 0.355 e. The van der Waals surface area contributed by atoms with E-state index in [4.69, 9.17) is 14.0 Å². The molecule has 0 atom stereocenters. The van der Waals surface area contributed by atoms with Crippen LogP contribution < -0.4 is 0 Å². The molecule has 30 heavy (non-hydrogen) atoms. The molecule has 0 fully saturated rings. The maximum atomic E-state index is 12.5. The Labute approximate surface area is 176 Å². The van der Waals surface area contributed by atoms with Crippen LogP contribution in [0.5, 0.6) is 0 Å². The number of Topliss-reactive ketones (excluding diaryl/α,β-unsaturated/α-hetero) is 1. The normalized spacial score (nSPS) is 10.8. The topological polar surface area (TPSA) is 124 Å². The second kappa shape index (κ2) is 9.49. The molecule has 158 valence electrons. The Hall–Kier alpha value is -3.27. The monoisotopic (exact) mass is 431 g/mol. The predicted molar refractivity (Wildman–Crippen MR) is 107 cm³/mol. The fourth-order valence-corrected chi connectivity index (χ4v) is 3.57. The van der Waals surface area contributed by atoms with Gasteiger partial charge in [0.15, 0.2) is 6.61 Å². The van der Waals surface area contributed by atoms with E-state index in [-0.39, 0.29) is 25.1 Å². The van der Waals surface area contributed by atoms with Crippen molar-refractivity contribution in [2.75, 3.05) is 13.2 Å². The van der Waals surface area contributed by atoms with Crippen molar-refractivity contribution < 1.29 is 28.4 Å². The minimum Gasteiger partial charge on any atom is -0.461 e. The van der Waals surface area contributed by atoms with Crippen LogP contribution in [0.4, 0.5) is 0 Å². The summed E-state index contributed by atoms with van der Waals surface area (Å²) >= 11 is 1.52. The number of carbonyl (C=O) groups is 3. The first-order chi connectivity index (χ1) is 14.4. The first-order valence-corrected chi connectivity index (χ1v) is 10.2. The molecule has 0 unspecified atom stereocenters. The summed E-state index contributed by atoms with van der Waals surface area (Å²) in [4.78, 5) is 43.6. The van der Waals surface area contributed by atoms with E-state index in [0.29, 0.717) is 28.5 Å². The summed E-state index contributed by atoms with van der Waals surface area (Å²) in [7, 11) is 0. The van der Waals surface area contributed by atoms with E-state index in [1.165, 1.54) is 11.3 Å². The Morgan fingerprint density at radius 1 is 1.23 bits per heavy atom. The second-order valence-corrected chi connectivity index (χ2v) is 7.23. The predicted octanol–water partition coefficient (Wildman–Crippen LogP) is 3.28. The van der Waals surface area contributed by atoms with Crippen LogP contribution in [0.1, 0.15) is 51.3 Å². The number of aromatic amines is 1. The van der Waals surface area contributed by atoms with Crippen molar-refractivity contribution in [2.24, 2.45) is 0 Å². The van der Waals surface area contributed by atoms with Crippen molar-refractivity contribution in [3.8, 4) is 11.4 Å². The van der Waals surface area contributed by atoms with Crippen molar-refractivity contribution in [3.63, 3.8) is 0 Å². The van der Waals surface area contributed by atoms with Gasteiger partial charge in [0.2, 0.25) is 17.5 Å². The van der Waals surface area contributed by atoms with Gasteiger partial charge >= 0.3 is 11.9 Å². The number of nitrogens with one attached hydrogen (secondary N) is 1. The maximum absolute atomic E-state index is 12.5. The van der Waals surface area contributed by atoms with E-state index in [1.807, 2.05) is 16.8 Å². The average Bonchev–Trinajstić information content (AvgIpc) is 3.45. The Morgan fingerprint density at radius 2 is 2.03 bits per heavy atom. The zero-order valence-corrected chi connectivity index (χ0v) is 17.6. The summed E-state index contributed by atoms with van der Waals surface area (Å²) in [6.45, 7) is 4.82. The fourth-order valence-electron chi connectivity index (χ4n) is 2.94. The molecule has 0 aromatic carbocycles. The van der Waals surface area contributed by atoms with Gasteiger partial charge in [0.1, 0.15) is 5.69 Å². The van der Waals surface area contributed by atoms with Gasteiger partial charge in [-0.2, -0.15) is 16.3 Å². The number of ketones is 1. The highest BCUT2D eigenvalue weighted by Crippen LogP contribution is 2.20. The van der Waals surface area contributed by atoms with Crippen molar-refractivity contribution in [1.29, 1.82) is 0 Å². The summed E-state index contributed by atoms with van der Waals surface area (Å²) in [6.07, 6.45) is 0.205. The Balaban J connectivity index is 1.52. The molecule has 0 amide bonds. The number of nitrogens with zero attached hydrogens (tertiary/aromatic N) is 2. The summed E-state index contributed by atoms with van der Waals surface area (Å²) in [6, 6.07) is 1.87. The Bertz CT molecular complexity index is 1050. The van der Waals surface area contributed by atoms with Gasteiger partial charge in [-0.25, -0.2) is 4.79 Å². The van der Waals surface area contributed by atoms with Gasteiger partial charge in [0.25, 0.3) is 0 Å². The number of thiophene rings is 1. The number of hydrogen-bond donors (Lipinski definition) is 1. The molecule has 1 N–H and O–H groups in total. The van der Waals surface area contributed by atoms with E-state index < -0.39 is 24.3 Å². The van der Waals surface area contributed by atoms with Crippen LogP contribution >= 0.6 is 11.3 Å². The van der Waals surface area contributed by atoms with Gasteiger partial charge in [0.05, 0.1) is 13.0 Å². The van der Waals surface area contributed by atoms with Crippen LogP contribution in [-0.2, 0) is 20.7 Å². The van der Waals surface area contributed by atoms with Gasteiger partial charge in [-0.3, -0.25) is 9.59 Å². The first-order valence-electron chi connectivity index (χ1n) is 9.31. The molecule has 3 heterocycles. The number of H-pyrrole nitrogens is 1. The summed E-state index contributed by atoms with van der Waals surface area (Å²) < 4.78 is 15.2. The third-order valence-corrected chi connectivity index (χ3v) is 5.03. The van der Waals surface area contributed by atoms with Crippen LogP contribution in [0, 0.1) is 13.8 Å². The molecule has 10 heteroatoms. The van der Waals surface area contributed by atoms with Gasteiger partial charge in [0, 0.05) is 28.6 Å². The highest BCUT2D eigenvalue weighted by atomic mass is 32.1. The number of aromatic nitrogens is 3. The molecule has 0 spiro atoms. The Kier molecular flexibility index (Phi) is 6.78. The van der Waals surface area contributed by atoms with Crippen molar-refractivity contribution in [1.82, 2.24) is 15.1 Å². The number of carbonyl (C=O) groups excluding carboxylic acids is 3. The van der Waals surface area contributed by atoms with Crippen LogP contribution in [0.15, 0.2) is 21.3 Å². The largest absolute Gasteiger partial charge is 0.461 e. The van der Waals surface area contributed by atoms with E-state index in [0.717, 1.165) is 5.56 Å². The SMILES string of the molecule is CCOC(=O)c1[nH]c(C)c(C(=O)COC(=O)CCc2nc(-c3ccsc3)no2)c1C. The quantitative estimate of drug-likeness (QED) is 0.404. The van der Waals surface area contributed by atoms with E-state index in [2.05, 4.69) is 15.1 Å². The van der Waals surface area contributed by atoms with Gasteiger partial charge in [-0.15, -0.1) is 0 Å². The molecule has 0 radical (unpaired) electrons. The lowest BCUT2D eigenvalue weighted by Gasteiger charge is -2.05. The highest BCUT2D eigenvalue weighted by Gasteiger charge is 2.23. The molecule has 3 aromatic rings. The molecule has 3 aromatic heterocycles. The van der Waals surface area contributed by atoms with Crippen LogP contribution in [-0.4, -0.2) is 46.1 Å². The molecule has 0 bridgehead atoms. The van der Waals surface area contributed by atoms with Crippen LogP contribution in [0.25, 0.3) is 11.4 Å². The van der Waals surface area contributed by atoms with Crippen molar-refractivity contribution >= 4 is 29.1 Å². The second-order valence-electron chi connectivity index (χ2n) is 6.45. The minimum absolute atomic E-state index is 0.00225. The number of esters is 2. The third-order valence-electron chi connectivity index (χ3n) is 4.35. The number of aryl methyl sites for hydroxylation is 2. The van der Waals surface area contributed by atoms with Crippen LogP contribution in [0.3, 0.4) is 0 Å². The maximum Gasteiger partial charge on any atom is 0.355 e. The van der Waals surface area contributed by atoms with E-state index in [1.54, 1.807) is 20.8 Å². The molecule has 0 aliphatic rings. The molecule has 3 rings (SSSR count). The number of rotatable bonds is 9. The van der Waals surface area contributed by atoms with Crippen molar-refractivity contribution in [3.05, 3.63) is 45.2 Å². The number of ether oxygens (including phenoxy) is 2. The molecule has 0 saturated heterocycles. The summed E-state index contributed by atoms with van der Waals surface area (Å²) in [5.74, 6) is -0.713. The summed E-state index contributed by atoms with van der Waals surface area (Å²) in [5.41, 5.74) is 2.38. The van der Waals surface area contributed by atoms with E-state index >= 15 is 0 Å². The van der Waals surface area contributed by atoms with E-state index in [9.17, 15) is 14.4 Å². The minimum atomic E-state index is -0.560. The highest BCUT2D eigenvalue weighted by molar-refractivity contribution is 7.08. The lowest BCUT2D eigenvalue weighted by Crippen LogP contribution is -2.16. The molecule has 0 aliphatic heterocycles. The molecular formula is C20H21N3O6S.